The maximum absolute atomic E-state index is 13.5. The van der Waals surface area contributed by atoms with Gasteiger partial charge in [-0.05, 0) is 86.3 Å². The molecule has 0 N–H and O–H groups in total. The summed E-state index contributed by atoms with van der Waals surface area (Å²) in [6.45, 7) is 2.23. The summed E-state index contributed by atoms with van der Waals surface area (Å²) >= 11 is 0. The van der Waals surface area contributed by atoms with E-state index in [1.165, 1.54) is 76.3 Å². The van der Waals surface area contributed by atoms with Crippen molar-refractivity contribution < 1.29 is 13.2 Å². The van der Waals surface area contributed by atoms with Crippen LogP contribution >= 0.6 is 0 Å². The Bertz CT molecular complexity index is 642. The van der Waals surface area contributed by atoms with Gasteiger partial charge in [-0.25, -0.2) is 13.2 Å². The molecule has 2 saturated carbocycles. The number of allylic oxidation sites excluding steroid dienone is 2. The van der Waals surface area contributed by atoms with Crippen LogP contribution in [-0.2, 0) is 0 Å². The van der Waals surface area contributed by atoms with E-state index < -0.39 is 17.5 Å². The summed E-state index contributed by atoms with van der Waals surface area (Å²) in [5.41, 5.74) is 0.632. The van der Waals surface area contributed by atoms with Gasteiger partial charge >= 0.3 is 0 Å². The van der Waals surface area contributed by atoms with Crippen molar-refractivity contribution in [2.24, 2.45) is 17.8 Å². The van der Waals surface area contributed by atoms with E-state index >= 15 is 0 Å². The largest absolute Gasteiger partial charge is 0.204 e. The summed E-state index contributed by atoms with van der Waals surface area (Å²) < 4.78 is 40.2. The molecule has 3 rings (SSSR count). The van der Waals surface area contributed by atoms with E-state index in [1.807, 2.05) is 0 Å². The SMILES string of the molecule is CCC/C=C/CC[C@H]1CC[C@H](CC[C@H]2CC[C@H](c3cc(F)c(F)c(F)c3)CC2)CC1. The molecule has 2 aliphatic rings. The van der Waals surface area contributed by atoms with Gasteiger partial charge in [0.1, 0.15) is 0 Å². The Labute approximate surface area is 181 Å². The van der Waals surface area contributed by atoms with Crippen LogP contribution in [0.2, 0.25) is 0 Å². The van der Waals surface area contributed by atoms with Crippen LogP contribution in [0.5, 0.6) is 0 Å². The van der Waals surface area contributed by atoms with Crippen molar-refractivity contribution in [1.82, 2.24) is 0 Å². The molecule has 0 amide bonds. The second-order valence-electron chi connectivity index (χ2n) is 9.82. The van der Waals surface area contributed by atoms with Crippen LogP contribution in [0.15, 0.2) is 24.3 Å². The third-order valence-electron chi connectivity index (χ3n) is 7.64. The van der Waals surface area contributed by atoms with Crippen LogP contribution in [0.3, 0.4) is 0 Å². The van der Waals surface area contributed by atoms with Gasteiger partial charge in [-0.15, -0.1) is 0 Å². The second kappa shape index (κ2) is 12.0. The molecule has 2 fully saturated rings. The van der Waals surface area contributed by atoms with Crippen LogP contribution in [0, 0.1) is 35.2 Å². The van der Waals surface area contributed by atoms with Gasteiger partial charge in [0.05, 0.1) is 0 Å². The summed E-state index contributed by atoms with van der Waals surface area (Å²) in [6.07, 6.45) is 22.2. The number of rotatable bonds is 9. The Morgan fingerprint density at radius 2 is 1.17 bits per heavy atom. The van der Waals surface area contributed by atoms with E-state index in [1.54, 1.807) is 0 Å². The molecule has 1 aromatic rings. The fourth-order valence-corrected chi connectivity index (χ4v) is 5.61. The van der Waals surface area contributed by atoms with E-state index in [-0.39, 0.29) is 5.92 Å². The Morgan fingerprint density at radius 1 is 0.700 bits per heavy atom. The normalized spacial score (nSPS) is 27.6. The molecular formula is C27H39F3. The van der Waals surface area contributed by atoms with Crippen molar-refractivity contribution in [3.05, 3.63) is 47.3 Å². The average molecular weight is 421 g/mol. The minimum Gasteiger partial charge on any atom is -0.204 e. The van der Waals surface area contributed by atoms with Crippen molar-refractivity contribution in [3.63, 3.8) is 0 Å². The lowest BCUT2D eigenvalue weighted by molar-refractivity contribution is 0.225. The van der Waals surface area contributed by atoms with E-state index in [4.69, 9.17) is 0 Å². The van der Waals surface area contributed by atoms with Crippen molar-refractivity contribution in [1.29, 1.82) is 0 Å². The summed E-state index contributed by atoms with van der Waals surface area (Å²) in [7, 11) is 0. The highest BCUT2D eigenvalue weighted by atomic mass is 19.2. The molecule has 3 heteroatoms. The molecule has 0 spiro atoms. The Hall–Kier alpha value is -1.25. The van der Waals surface area contributed by atoms with Gasteiger partial charge in [-0.2, -0.15) is 0 Å². The maximum Gasteiger partial charge on any atom is 0.194 e. The second-order valence-corrected chi connectivity index (χ2v) is 9.82. The van der Waals surface area contributed by atoms with E-state index in [9.17, 15) is 13.2 Å². The third kappa shape index (κ3) is 6.89. The third-order valence-corrected chi connectivity index (χ3v) is 7.64. The molecule has 0 aromatic heterocycles. The smallest absolute Gasteiger partial charge is 0.194 e. The van der Waals surface area contributed by atoms with E-state index in [0.29, 0.717) is 5.56 Å². The average Bonchev–Trinajstić information content (AvgIpc) is 2.77. The summed E-state index contributed by atoms with van der Waals surface area (Å²) in [6, 6.07) is 2.39. The summed E-state index contributed by atoms with van der Waals surface area (Å²) in [5.74, 6) is -0.714. The molecule has 168 valence electrons. The molecule has 1 aromatic carbocycles. The number of hydrogen-bond acceptors (Lipinski definition) is 0. The predicted octanol–water partition coefficient (Wildman–Crippen LogP) is 9.10. The molecular weight excluding hydrogens is 381 g/mol. The van der Waals surface area contributed by atoms with Crippen molar-refractivity contribution in [3.8, 4) is 0 Å². The first-order valence-electron chi connectivity index (χ1n) is 12.4. The molecule has 0 nitrogen and oxygen atoms in total. The molecule has 0 unspecified atom stereocenters. The highest BCUT2D eigenvalue weighted by Crippen LogP contribution is 2.40. The van der Waals surface area contributed by atoms with Crippen LogP contribution in [0.1, 0.15) is 108 Å². The predicted molar refractivity (Wildman–Crippen MR) is 119 cm³/mol. The van der Waals surface area contributed by atoms with Crippen LogP contribution in [0.4, 0.5) is 13.2 Å². The lowest BCUT2D eigenvalue weighted by atomic mass is 9.74. The van der Waals surface area contributed by atoms with E-state index in [2.05, 4.69) is 19.1 Å². The van der Waals surface area contributed by atoms with Crippen LogP contribution < -0.4 is 0 Å². The molecule has 0 bridgehead atoms. The Balaban J connectivity index is 1.32. The molecule has 30 heavy (non-hydrogen) atoms. The summed E-state index contributed by atoms with van der Waals surface area (Å²) in [5, 5.41) is 0. The van der Waals surface area contributed by atoms with Gasteiger partial charge in [0.15, 0.2) is 17.5 Å². The Morgan fingerprint density at radius 3 is 1.70 bits per heavy atom. The molecule has 0 radical (unpaired) electrons. The van der Waals surface area contributed by atoms with Gasteiger partial charge in [0.25, 0.3) is 0 Å². The number of benzene rings is 1. The highest BCUT2D eigenvalue weighted by Gasteiger charge is 2.26. The number of unbranched alkanes of at least 4 members (excludes halogenated alkanes) is 1. The molecule has 0 atom stereocenters. The van der Waals surface area contributed by atoms with Crippen LogP contribution in [-0.4, -0.2) is 0 Å². The van der Waals surface area contributed by atoms with Crippen molar-refractivity contribution in [2.75, 3.05) is 0 Å². The van der Waals surface area contributed by atoms with Gasteiger partial charge in [-0.1, -0.05) is 64.0 Å². The lowest BCUT2D eigenvalue weighted by Crippen LogP contribution is -2.18. The zero-order chi connectivity index (χ0) is 21.3. The lowest BCUT2D eigenvalue weighted by Gasteiger charge is -2.32. The first kappa shape index (κ1) is 23.4. The number of hydrogen-bond donors (Lipinski definition) is 0. The first-order chi connectivity index (χ1) is 14.6. The fourth-order valence-electron chi connectivity index (χ4n) is 5.61. The Kier molecular flexibility index (Phi) is 9.33. The fraction of sp³-hybridized carbons (Fsp3) is 0.704. The van der Waals surface area contributed by atoms with Crippen molar-refractivity contribution >= 4 is 0 Å². The van der Waals surface area contributed by atoms with Gasteiger partial charge < -0.3 is 0 Å². The topological polar surface area (TPSA) is 0 Å². The highest BCUT2D eigenvalue weighted by molar-refractivity contribution is 5.23. The molecule has 0 aliphatic heterocycles. The standard InChI is InChI=1S/C27H39F3/c1-2-3-4-5-6-7-20-8-10-21(11-9-20)12-13-22-14-16-23(17-15-22)24-18-25(28)27(30)26(29)19-24/h4-5,18-23H,2-3,6-17H2,1H3/b5-4+/t20-,21-,22-,23-. The summed E-state index contributed by atoms with van der Waals surface area (Å²) in [4.78, 5) is 0. The quantitative estimate of drug-likeness (QED) is 0.276. The monoisotopic (exact) mass is 420 g/mol. The minimum absolute atomic E-state index is 0.174. The van der Waals surface area contributed by atoms with Gasteiger partial charge in [0, 0.05) is 0 Å². The molecule has 0 saturated heterocycles. The van der Waals surface area contributed by atoms with Crippen LogP contribution in [0.25, 0.3) is 0 Å². The van der Waals surface area contributed by atoms with Gasteiger partial charge in [-0.3, -0.25) is 0 Å². The van der Waals surface area contributed by atoms with Crippen molar-refractivity contribution in [2.45, 2.75) is 103 Å². The van der Waals surface area contributed by atoms with Gasteiger partial charge in [0.2, 0.25) is 0 Å². The molecule has 2 aliphatic carbocycles. The minimum atomic E-state index is -1.35. The number of halogens is 3. The van der Waals surface area contributed by atoms with E-state index in [0.717, 1.165) is 43.4 Å². The molecule has 0 heterocycles. The maximum atomic E-state index is 13.5. The first-order valence-corrected chi connectivity index (χ1v) is 12.4. The zero-order valence-corrected chi connectivity index (χ0v) is 18.7. The zero-order valence-electron chi connectivity index (χ0n) is 18.7.